The largest absolute Gasteiger partial charge is 0.490 e. The number of rotatable bonds is 4. The number of carbonyl (C=O) groups excluding carboxylic acids is 1. The number of carbonyl (C=O) groups is 2. The molecule has 0 aromatic carbocycles. The number of pyridine rings is 1. The van der Waals surface area contributed by atoms with Gasteiger partial charge in [0, 0.05) is 26.0 Å². The molecule has 0 bridgehead atoms. The fraction of sp³-hybridized carbons (Fsp3) is 0.476. The number of carboxylic acids is 1. The third kappa shape index (κ3) is 5.65. The summed E-state index contributed by atoms with van der Waals surface area (Å²) in [4.78, 5) is 28.1. The van der Waals surface area contributed by atoms with Crippen LogP contribution in [0.2, 0.25) is 0 Å². The molecule has 0 saturated carbocycles. The molecule has 2 aliphatic heterocycles. The molecule has 11 heteroatoms. The van der Waals surface area contributed by atoms with Crippen molar-refractivity contribution in [1.29, 1.82) is 0 Å². The molecule has 0 unspecified atom stereocenters. The molecule has 2 aromatic heterocycles. The minimum Gasteiger partial charge on any atom is -0.475 e. The average molecular weight is 455 g/mol. The molecule has 2 aromatic rings. The maximum atomic E-state index is 13.0. The van der Waals surface area contributed by atoms with Crippen LogP contribution in [0, 0.1) is 0 Å². The molecular weight excluding hydrogens is 431 g/mol. The lowest BCUT2D eigenvalue weighted by atomic mass is 10.0. The highest BCUT2D eigenvalue weighted by atomic mass is 19.4. The Labute approximate surface area is 182 Å². The Hall–Kier alpha value is -2.92. The quantitative estimate of drug-likeness (QED) is 0.762. The van der Waals surface area contributed by atoms with Gasteiger partial charge in [0.2, 0.25) is 0 Å². The van der Waals surface area contributed by atoms with Crippen molar-refractivity contribution in [2.24, 2.45) is 7.05 Å². The van der Waals surface area contributed by atoms with Crippen molar-refractivity contribution in [3.05, 3.63) is 54.1 Å². The third-order valence-electron chi connectivity index (χ3n) is 5.31. The zero-order chi connectivity index (χ0) is 23.3. The highest BCUT2D eigenvalue weighted by Gasteiger charge is 2.47. The highest BCUT2D eigenvalue weighted by Crippen LogP contribution is 2.32. The Morgan fingerprint density at radius 1 is 1.28 bits per heavy atom. The number of hydrogen-bond acceptors (Lipinski definition) is 5. The summed E-state index contributed by atoms with van der Waals surface area (Å²) in [6.45, 7) is 1.73. The van der Waals surface area contributed by atoms with Gasteiger partial charge in [-0.05, 0) is 37.1 Å². The SMILES string of the molecule is Cn1cccc1C(=O)N1C[C@@H](OCc2ccccn2)[C@H]2OCCC[C@H]21.O=C(O)C(F)(F)F. The number of halogens is 3. The van der Waals surface area contributed by atoms with Gasteiger partial charge in [-0.25, -0.2) is 4.79 Å². The van der Waals surface area contributed by atoms with Gasteiger partial charge in [0.15, 0.2) is 0 Å². The maximum absolute atomic E-state index is 13.0. The van der Waals surface area contributed by atoms with Crippen LogP contribution < -0.4 is 0 Å². The Morgan fingerprint density at radius 3 is 2.62 bits per heavy atom. The average Bonchev–Trinajstić information content (AvgIpc) is 3.36. The lowest BCUT2D eigenvalue weighted by Crippen LogP contribution is -2.44. The number of aliphatic carboxylic acids is 1. The summed E-state index contributed by atoms with van der Waals surface area (Å²) in [5, 5.41) is 7.12. The van der Waals surface area contributed by atoms with Crippen LogP contribution in [0.25, 0.3) is 0 Å². The van der Waals surface area contributed by atoms with Crippen LogP contribution in [0.15, 0.2) is 42.7 Å². The van der Waals surface area contributed by atoms with Crippen molar-refractivity contribution in [3.8, 4) is 0 Å². The van der Waals surface area contributed by atoms with Crippen LogP contribution in [-0.2, 0) is 27.9 Å². The zero-order valence-electron chi connectivity index (χ0n) is 17.4. The molecule has 8 nitrogen and oxygen atoms in total. The predicted molar refractivity (Wildman–Crippen MR) is 106 cm³/mol. The van der Waals surface area contributed by atoms with Gasteiger partial charge in [-0.2, -0.15) is 13.2 Å². The van der Waals surface area contributed by atoms with Crippen molar-refractivity contribution in [1.82, 2.24) is 14.5 Å². The summed E-state index contributed by atoms with van der Waals surface area (Å²) in [7, 11) is 1.90. The van der Waals surface area contributed by atoms with Gasteiger partial charge in [0.1, 0.15) is 17.9 Å². The number of aromatic nitrogens is 2. The van der Waals surface area contributed by atoms with Crippen molar-refractivity contribution in [2.45, 2.75) is 43.9 Å². The summed E-state index contributed by atoms with van der Waals surface area (Å²) in [5.41, 5.74) is 1.59. The van der Waals surface area contributed by atoms with E-state index in [2.05, 4.69) is 4.98 Å². The van der Waals surface area contributed by atoms with E-state index in [0.29, 0.717) is 18.8 Å². The standard InChI is InChI=1S/C19H23N3O3.C2HF3O2/c1-21-10-4-7-16(21)19(23)22-12-17(18-15(22)8-5-11-24-18)25-13-14-6-2-3-9-20-14;3-2(4,5)1(6)7/h2-4,6-7,9-10,15,17-18H,5,8,11-13H2,1H3;(H,6,7)/t15-,17-,18+;/m1./s1. The summed E-state index contributed by atoms with van der Waals surface area (Å²) >= 11 is 0. The predicted octanol–water partition coefficient (Wildman–Crippen LogP) is 2.64. The molecule has 1 N–H and O–H groups in total. The first-order valence-electron chi connectivity index (χ1n) is 10.0. The topological polar surface area (TPSA) is 93.9 Å². The number of aryl methyl sites for hydroxylation is 1. The first-order chi connectivity index (χ1) is 15.2. The van der Waals surface area contributed by atoms with Crippen LogP contribution in [0.1, 0.15) is 29.0 Å². The van der Waals surface area contributed by atoms with Crippen molar-refractivity contribution in [3.63, 3.8) is 0 Å². The molecule has 2 saturated heterocycles. The molecule has 2 fully saturated rings. The van der Waals surface area contributed by atoms with E-state index in [1.165, 1.54) is 0 Å². The van der Waals surface area contributed by atoms with Crippen molar-refractivity contribution < 1.29 is 37.3 Å². The fourth-order valence-electron chi connectivity index (χ4n) is 3.80. The lowest BCUT2D eigenvalue weighted by Gasteiger charge is -2.32. The second kappa shape index (κ2) is 10.1. The van der Waals surface area contributed by atoms with Gasteiger partial charge in [-0.15, -0.1) is 0 Å². The number of nitrogens with zero attached hydrogens (tertiary/aromatic N) is 3. The lowest BCUT2D eigenvalue weighted by molar-refractivity contribution is -0.192. The van der Waals surface area contributed by atoms with Gasteiger partial charge >= 0.3 is 12.1 Å². The normalized spacial score (nSPS) is 22.6. The van der Waals surface area contributed by atoms with Crippen molar-refractivity contribution >= 4 is 11.9 Å². The van der Waals surface area contributed by atoms with E-state index in [9.17, 15) is 18.0 Å². The summed E-state index contributed by atoms with van der Waals surface area (Å²) < 4.78 is 45.7. The van der Waals surface area contributed by atoms with Crippen molar-refractivity contribution in [2.75, 3.05) is 13.2 Å². The monoisotopic (exact) mass is 455 g/mol. The number of alkyl halides is 3. The smallest absolute Gasteiger partial charge is 0.475 e. The van der Waals surface area contributed by atoms with Crippen LogP contribution in [-0.4, -0.2) is 69.0 Å². The van der Waals surface area contributed by atoms with Gasteiger partial charge in [-0.3, -0.25) is 9.78 Å². The minimum absolute atomic E-state index is 0.0527. The second-order valence-corrected chi connectivity index (χ2v) is 7.48. The van der Waals surface area contributed by atoms with Gasteiger partial charge < -0.3 is 24.0 Å². The first kappa shape index (κ1) is 23.7. The number of ether oxygens (including phenoxy) is 2. The van der Waals surface area contributed by atoms with Gasteiger partial charge in [-0.1, -0.05) is 6.07 Å². The van der Waals surface area contributed by atoms with Gasteiger partial charge in [0.25, 0.3) is 5.91 Å². The first-order valence-corrected chi connectivity index (χ1v) is 10.0. The molecule has 0 spiro atoms. The molecule has 32 heavy (non-hydrogen) atoms. The highest BCUT2D eigenvalue weighted by molar-refractivity contribution is 5.93. The molecule has 3 atom stereocenters. The second-order valence-electron chi connectivity index (χ2n) is 7.48. The molecule has 0 aliphatic carbocycles. The molecular formula is C21H24F3N3O5. The fourth-order valence-corrected chi connectivity index (χ4v) is 3.80. The molecule has 0 radical (unpaired) electrons. The van der Waals surface area contributed by atoms with E-state index in [1.807, 2.05) is 53.0 Å². The maximum Gasteiger partial charge on any atom is 0.490 e. The minimum atomic E-state index is -5.08. The van der Waals surface area contributed by atoms with E-state index in [-0.39, 0.29) is 24.2 Å². The summed E-state index contributed by atoms with van der Waals surface area (Å²) in [6.07, 6.45) is 0.347. The molecule has 174 valence electrons. The number of hydrogen-bond donors (Lipinski definition) is 1. The number of amides is 1. The Kier molecular flexibility index (Phi) is 7.52. The number of fused-ring (bicyclic) bond motifs is 1. The molecule has 4 heterocycles. The van der Waals surface area contributed by atoms with E-state index >= 15 is 0 Å². The van der Waals surface area contributed by atoms with Gasteiger partial charge in [0.05, 0.1) is 24.9 Å². The van der Waals surface area contributed by atoms with E-state index in [1.54, 1.807) is 6.20 Å². The Morgan fingerprint density at radius 2 is 2.03 bits per heavy atom. The van der Waals surface area contributed by atoms with E-state index in [4.69, 9.17) is 19.4 Å². The van der Waals surface area contributed by atoms with Crippen LogP contribution >= 0.6 is 0 Å². The van der Waals surface area contributed by atoms with E-state index < -0.39 is 12.1 Å². The number of carboxylic acid groups (broad SMARTS) is 1. The number of likely N-dealkylation sites (tertiary alicyclic amines) is 1. The van der Waals surface area contributed by atoms with E-state index in [0.717, 1.165) is 25.1 Å². The summed E-state index contributed by atoms with van der Waals surface area (Å²) in [6, 6.07) is 9.63. The van der Waals surface area contributed by atoms with Crippen LogP contribution in [0.5, 0.6) is 0 Å². The molecule has 4 rings (SSSR count). The van der Waals surface area contributed by atoms with Crippen LogP contribution in [0.4, 0.5) is 13.2 Å². The zero-order valence-corrected chi connectivity index (χ0v) is 17.4. The summed E-state index contributed by atoms with van der Waals surface area (Å²) in [5.74, 6) is -2.70. The Bertz CT molecular complexity index is 919. The molecule has 2 aliphatic rings. The third-order valence-corrected chi connectivity index (χ3v) is 5.31. The van der Waals surface area contributed by atoms with Crippen LogP contribution in [0.3, 0.4) is 0 Å². The Balaban J connectivity index is 0.000000360. The molecule has 1 amide bonds.